The van der Waals surface area contributed by atoms with Gasteiger partial charge in [0.15, 0.2) is 0 Å². The highest BCUT2D eigenvalue weighted by Crippen LogP contribution is 2.41. The maximum atomic E-state index is 13.6. The molecular weight excluding hydrogens is 331 g/mol. The average molecular weight is 349 g/mol. The monoisotopic (exact) mass is 349 g/mol. The van der Waals surface area contributed by atoms with Crippen molar-refractivity contribution in [2.75, 3.05) is 13.1 Å². The summed E-state index contributed by atoms with van der Waals surface area (Å²) in [7, 11) is 0. The number of rotatable bonds is 3. The molecule has 1 N–H and O–H groups in total. The van der Waals surface area contributed by atoms with Crippen molar-refractivity contribution in [2.45, 2.75) is 29.3 Å². The smallest absolute Gasteiger partial charge is 0.313 e. The Morgan fingerprint density at radius 2 is 1.83 bits per heavy atom. The van der Waals surface area contributed by atoms with Gasteiger partial charge in [-0.1, -0.05) is 42.1 Å². The van der Waals surface area contributed by atoms with Gasteiger partial charge in [0.1, 0.15) is 0 Å². The second-order valence-corrected chi connectivity index (χ2v) is 6.84. The lowest BCUT2D eigenvalue weighted by molar-refractivity contribution is -0.139. The Bertz CT molecular complexity index is 765. The molecule has 0 fully saturated rings. The molecule has 0 aromatic heterocycles. The number of hydrogen-bond donors (Lipinski definition) is 1. The van der Waals surface area contributed by atoms with E-state index in [-0.39, 0.29) is 4.90 Å². The van der Waals surface area contributed by atoms with Crippen molar-refractivity contribution in [2.24, 2.45) is 0 Å². The first-order valence-corrected chi connectivity index (χ1v) is 8.61. The van der Waals surface area contributed by atoms with Gasteiger partial charge >= 0.3 is 6.18 Å². The van der Waals surface area contributed by atoms with Crippen molar-refractivity contribution in [3.8, 4) is 0 Å². The lowest BCUT2D eigenvalue weighted by atomic mass is 9.98. The lowest BCUT2D eigenvalue weighted by Crippen LogP contribution is -2.20. The van der Waals surface area contributed by atoms with Crippen LogP contribution in [-0.2, 0) is 6.18 Å². The van der Waals surface area contributed by atoms with E-state index < -0.39 is 11.7 Å². The molecule has 0 saturated heterocycles. The fourth-order valence-corrected chi connectivity index (χ4v) is 3.75. The van der Waals surface area contributed by atoms with Crippen molar-refractivity contribution in [3.05, 3.63) is 65.2 Å². The number of hydrogen-bond acceptors (Lipinski definition) is 2. The second kappa shape index (κ2) is 7.03. The van der Waals surface area contributed by atoms with E-state index in [1.165, 1.54) is 17.8 Å². The van der Waals surface area contributed by atoms with E-state index in [4.69, 9.17) is 0 Å². The first kappa shape index (κ1) is 17.1. The number of benzene rings is 2. The Labute approximate surface area is 144 Å². The molecule has 0 atom stereocenters. The summed E-state index contributed by atoms with van der Waals surface area (Å²) in [6.07, 6.45) is -1.65. The van der Waals surface area contributed by atoms with Crippen LogP contribution in [0.4, 0.5) is 13.2 Å². The predicted octanol–water partition coefficient (Wildman–Crippen LogP) is 5.54. The number of halogens is 3. The van der Waals surface area contributed by atoms with Crippen LogP contribution in [0.15, 0.2) is 58.3 Å². The third-order valence-corrected chi connectivity index (χ3v) is 5.29. The third kappa shape index (κ3) is 3.84. The van der Waals surface area contributed by atoms with Gasteiger partial charge in [0.2, 0.25) is 0 Å². The molecule has 2 aromatic carbocycles. The zero-order chi connectivity index (χ0) is 17.2. The molecule has 24 heavy (non-hydrogen) atoms. The molecule has 0 spiro atoms. The highest BCUT2D eigenvalue weighted by atomic mass is 32.2. The van der Waals surface area contributed by atoms with Crippen LogP contribution in [0, 0.1) is 6.92 Å². The maximum Gasteiger partial charge on any atom is 0.417 e. The summed E-state index contributed by atoms with van der Waals surface area (Å²) in [5.74, 6) is 0. The van der Waals surface area contributed by atoms with Crippen LogP contribution in [0.1, 0.15) is 23.1 Å². The molecule has 0 unspecified atom stereocenters. The lowest BCUT2D eigenvalue weighted by Gasteiger charge is -2.18. The molecule has 1 heterocycles. The van der Waals surface area contributed by atoms with Crippen LogP contribution in [-0.4, -0.2) is 13.1 Å². The minimum Gasteiger partial charge on any atom is -0.313 e. The van der Waals surface area contributed by atoms with Gasteiger partial charge in [0.05, 0.1) is 5.56 Å². The highest BCUT2D eigenvalue weighted by molar-refractivity contribution is 7.99. The standard InChI is InChI=1S/C19H18F3NS/c1-13-4-2-3-5-17(13)24-18-7-6-15(12-16(18)19(20,21)22)14-8-10-23-11-9-14/h2-8,12,23H,9-11H2,1H3. The molecular formula is C19H18F3NS. The van der Waals surface area contributed by atoms with Gasteiger partial charge in [-0.3, -0.25) is 0 Å². The predicted molar refractivity (Wildman–Crippen MR) is 92.2 cm³/mol. The van der Waals surface area contributed by atoms with Crippen LogP contribution in [0.25, 0.3) is 5.57 Å². The average Bonchev–Trinajstić information content (AvgIpc) is 2.57. The summed E-state index contributed by atoms with van der Waals surface area (Å²) in [4.78, 5) is 1.09. The van der Waals surface area contributed by atoms with E-state index in [0.717, 1.165) is 29.0 Å². The van der Waals surface area contributed by atoms with E-state index in [2.05, 4.69) is 5.32 Å². The maximum absolute atomic E-state index is 13.6. The zero-order valence-electron chi connectivity index (χ0n) is 13.3. The molecule has 0 amide bonds. The fourth-order valence-electron chi connectivity index (χ4n) is 2.71. The summed E-state index contributed by atoms with van der Waals surface area (Å²) in [5, 5.41) is 3.18. The Morgan fingerprint density at radius 1 is 1.04 bits per heavy atom. The first-order chi connectivity index (χ1) is 11.4. The molecule has 0 saturated carbocycles. The Hall–Kier alpha value is -1.72. The van der Waals surface area contributed by atoms with E-state index in [0.29, 0.717) is 12.1 Å². The van der Waals surface area contributed by atoms with Crippen LogP contribution in [0.2, 0.25) is 0 Å². The number of alkyl halides is 3. The van der Waals surface area contributed by atoms with Crippen LogP contribution in [0.3, 0.4) is 0 Å². The Kier molecular flexibility index (Phi) is 5.01. The zero-order valence-corrected chi connectivity index (χ0v) is 14.1. The summed E-state index contributed by atoms with van der Waals surface area (Å²) in [5.41, 5.74) is 2.05. The summed E-state index contributed by atoms with van der Waals surface area (Å²) in [6.45, 7) is 3.41. The van der Waals surface area contributed by atoms with Crippen LogP contribution >= 0.6 is 11.8 Å². The molecule has 3 rings (SSSR count). The molecule has 1 aliphatic heterocycles. The number of aryl methyl sites for hydroxylation is 1. The SMILES string of the molecule is Cc1ccccc1Sc1ccc(C2=CCNCC2)cc1C(F)(F)F. The van der Waals surface area contributed by atoms with Crippen molar-refractivity contribution in [1.29, 1.82) is 0 Å². The number of nitrogens with one attached hydrogen (secondary N) is 1. The van der Waals surface area contributed by atoms with Crippen molar-refractivity contribution >= 4 is 17.3 Å². The van der Waals surface area contributed by atoms with Gasteiger partial charge in [-0.2, -0.15) is 13.2 Å². The van der Waals surface area contributed by atoms with Gasteiger partial charge in [0, 0.05) is 16.3 Å². The summed E-state index contributed by atoms with van der Waals surface area (Å²) in [6, 6.07) is 12.2. The first-order valence-electron chi connectivity index (χ1n) is 7.80. The minimum atomic E-state index is -4.37. The molecule has 5 heteroatoms. The Balaban J connectivity index is 2.00. The van der Waals surface area contributed by atoms with E-state index in [1.807, 2.05) is 37.3 Å². The van der Waals surface area contributed by atoms with Crippen LogP contribution in [0.5, 0.6) is 0 Å². The quantitative estimate of drug-likeness (QED) is 0.780. The normalized spacial score (nSPS) is 15.2. The van der Waals surface area contributed by atoms with Gasteiger partial charge in [0.25, 0.3) is 0 Å². The van der Waals surface area contributed by atoms with Gasteiger partial charge in [-0.15, -0.1) is 0 Å². The minimum absolute atomic E-state index is 0.245. The molecule has 1 aliphatic rings. The second-order valence-electron chi connectivity index (χ2n) is 5.76. The largest absolute Gasteiger partial charge is 0.417 e. The Morgan fingerprint density at radius 3 is 2.50 bits per heavy atom. The van der Waals surface area contributed by atoms with Crippen molar-refractivity contribution < 1.29 is 13.2 Å². The van der Waals surface area contributed by atoms with Crippen molar-refractivity contribution in [3.63, 3.8) is 0 Å². The van der Waals surface area contributed by atoms with Gasteiger partial charge in [-0.25, -0.2) is 0 Å². The van der Waals surface area contributed by atoms with Gasteiger partial charge < -0.3 is 5.32 Å². The van der Waals surface area contributed by atoms with E-state index in [9.17, 15) is 13.2 Å². The molecule has 2 aromatic rings. The summed E-state index contributed by atoms with van der Waals surface area (Å²) >= 11 is 1.17. The van der Waals surface area contributed by atoms with E-state index >= 15 is 0 Å². The van der Waals surface area contributed by atoms with Crippen molar-refractivity contribution in [1.82, 2.24) is 5.32 Å². The van der Waals surface area contributed by atoms with Crippen LogP contribution < -0.4 is 5.32 Å². The molecule has 0 bridgehead atoms. The molecule has 0 radical (unpaired) electrons. The van der Waals surface area contributed by atoms with Gasteiger partial charge in [-0.05, 0) is 54.8 Å². The van der Waals surface area contributed by atoms with E-state index in [1.54, 1.807) is 12.1 Å². The fraction of sp³-hybridized carbons (Fsp3) is 0.263. The molecule has 126 valence electrons. The molecule has 0 aliphatic carbocycles. The molecule has 1 nitrogen and oxygen atoms in total. The third-order valence-electron chi connectivity index (χ3n) is 4.03. The highest BCUT2D eigenvalue weighted by Gasteiger charge is 2.34. The topological polar surface area (TPSA) is 12.0 Å². The summed E-state index contributed by atoms with van der Waals surface area (Å²) < 4.78 is 40.7.